The fraction of sp³-hybridized carbons (Fsp3) is 0.429. The number of aliphatic carboxylic acids is 1. The molecule has 1 saturated carbocycles. The third-order valence-corrected chi connectivity index (χ3v) is 5.03. The summed E-state index contributed by atoms with van der Waals surface area (Å²) in [6, 6.07) is 8.26. The fourth-order valence-corrected chi connectivity index (χ4v) is 3.28. The minimum absolute atomic E-state index is 0.0202. The molecule has 2 aromatic rings. The number of hydrogen-bond acceptors (Lipinski definition) is 6. The molecule has 1 heterocycles. The first-order chi connectivity index (χ1) is 13.3. The molecule has 1 aromatic heterocycles. The SMILES string of the molecule is Cc1ccccc1C1(c2noc(/C(N)=C/C(=NCCC(=O)O)C(C)C)n2)CC1. The fourth-order valence-electron chi connectivity index (χ4n) is 3.28. The number of carbonyl (C=O) groups is 1. The molecule has 0 amide bonds. The summed E-state index contributed by atoms with van der Waals surface area (Å²) in [5.41, 5.74) is 9.47. The number of carboxylic acids is 1. The summed E-state index contributed by atoms with van der Waals surface area (Å²) in [6.45, 7) is 6.24. The highest BCUT2D eigenvalue weighted by molar-refractivity contribution is 6.01. The van der Waals surface area contributed by atoms with Gasteiger partial charge in [-0.1, -0.05) is 43.3 Å². The summed E-state index contributed by atoms with van der Waals surface area (Å²) in [4.78, 5) is 19.6. The van der Waals surface area contributed by atoms with Crippen molar-refractivity contribution in [2.75, 3.05) is 6.54 Å². The van der Waals surface area contributed by atoms with E-state index in [1.54, 1.807) is 6.08 Å². The molecule has 0 saturated heterocycles. The molecule has 0 atom stereocenters. The first-order valence-electron chi connectivity index (χ1n) is 9.47. The van der Waals surface area contributed by atoms with Gasteiger partial charge in [-0.2, -0.15) is 4.98 Å². The minimum atomic E-state index is -0.878. The maximum absolute atomic E-state index is 10.7. The number of allylic oxidation sites excluding steroid dienone is 1. The third-order valence-electron chi connectivity index (χ3n) is 5.03. The van der Waals surface area contributed by atoms with Crippen LogP contribution in [0.5, 0.6) is 0 Å². The van der Waals surface area contributed by atoms with Crippen molar-refractivity contribution in [3.63, 3.8) is 0 Å². The van der Waals surface area contributed by atoms with Crippen molar-refractivity contribution in [1.29, 1.82) is 0 Å². The van der Waals surface area contributed by atoms with Gasteiger partial charge in [-0.05, 0) is 42.9 Å². The van der Waals surface area contributed by atoms with E-state index in [9.17, 15) is 4.79 Å². The molecule has 7 nitrogen and oxygen atoms in total. The van der Waals surface area contributed by atoms with Crippen LogP contribution in [0.25, 0.3) is 5.70 Å². The molecule has 28 heavy (non-hydrogen) atoms. The molecule has 0 bridgehead atoms. The Balaban J connectivity index is 1.84. The number of aryl methyl sites for hydroxylation is 1. The maximum Gasteiger partial charge on any atom is 0.305 e. The highest BCUT2D eigenvalue weighted by Gasteiger charge is 2.50. The Morgan fingerprint density at radius 2 is 2.11 bits per heavy atom. The smallest absolute Gasteiger partial charge is 0.305 e. The Bertz CT molecular complexity index is 923. The predicted octanol–water partition coefficient (Wildman–Crippen LogP) is 3.33. The van der Waals surface area contributed by atoms with Crippen LogP contribution >= 0.6 is 0 Å². The Hall–Kier alpha value is -2.96. The van der Waals surface area contributed by atoms with E-state index in [1.165, 1.54) is 11.1 Å². The van der Waals surface area contributed by atoms with Crippen LogP contribution in [0.2, 0.25) is 0 Å². The van der Waals surface area contributed by atoms with Crippen LogP contribution in [0, 0.1) is 12.8 Å². The normalized spacial score (nSPS) is 16.4. The van der Waals surface area contributed by atoms with Gasteiger partial charge in [0.25, 0.3) is 5.89 Å². The standard InChI is InChI=1S/C21H26N4O3/c1-13(2)17(23-11-8-18(26)27)12-16(22)19-24-20(25-28-19)21(9-10-21)15-7-5-4-6-14(15)3/h4-7,12-13H,8-11,22H2,1-3H3,(H,26,27)/b16-12-,23-17?. The monoisotopic (exact) mass is 382 g/mol. The second-order valence-corrected chi connectivity index (χ2v) is 7.52. The third kappa shape index (κ3) is 4.13. The van der Waals surface area contributed by atoms with Crippen LogP contribution in [0.15, 0.2) is 39.9 Å². The molecule has 0 spiro atoms. The number of aromatic nitrogens is 2. The van der Waals surface area contributed by atoms with Crippen LogP contribution in [0.1, 0.15) is 56.0 Å². The van der Waals surface area contributed by atoms with E-state index >= 15 is 0 Å². The second-order valence-electron chi connectivity index (χ2n) is 7.52. The van der Waals surface area contributed by atoms with Crippen molar-refractivity contribution in [1.82, 2.24) is 10.1 Å². The van der Waals surface area contributed by atoms with Gasteiger partial charge >= 0.3 is 5.97 Å². The summed E-state index contributed by atoms with van der Waals surface area (Å²) >= 11 is 0. The zero-order valence-corrected chi connectivity index (χ0v) is 16.5. The summed E-state index contributed by atoms with van der Waals surface area (Å²) in [7, 11) is 0. The summed E-state index contributed by atoms with van der Waals surface area (Å²) in [5.74, 6) is 0.135. The lowest BCUT2D eigenvalue weighted by Gasteiger charge is -2.13. The molecule has 0 radical (unpaired) electrons. The topological polar surface area (TPSA) is 115 Å². The van der Waals surface area contributed by atoms with Gasteiger partial charge in [-0.15, -0.1) is 0 Å². The van der Waals surface area contributed by atoms with E-state index in [1.807, 2.05) is 26.0 Å². The number of aliphatic imine (C=N–C) groups is 1. The Morgan fingerprint density at radius 1 is 1.39 bits per heavy atom. The molecule has 0 aliphatic heterocycles. The molecule has 1 aliphatic carbocycles. The zero-order valence-electron chi connectivity index (χ0n) is 16.5. The number of carboxylic acid groups (broad SMARTS) is 1. The quantitative estimate of drug-likeness (QED) is 0.677. The van der Waals surface area contributed by atoms with Gasteiger partial charge in [-0.3, -0.25) is 9.79 Å². The van der Waals surface area contributed by atoms with E-state index in [0.717, 1.165) is 12.8 Å². The largest absolute Gasteiger partial charge is 0.481 e. The lowest BCUT2D eigenvalue weighted by molar-refractivity contribution is -0.136. The molecule has 0 unspecified atom stereocenters. The second kappa shape index (κ2) is 7.96. The average Bonchev–Trinajstić information content (AvgIpc) is 3.29. The summed E-state index contributed by atoms with van der Waals surface area (Å²) in [6.07, 6.45) is 3.63. The van der Waals surface area contributed by atoms with E-state index < -0.39 is 5.97 Å². The van der Waals surface area contributed by atoms with Gasteiger partial charge < -0.3 is 15.4 Å². The predicted molar refractivity (Wildman–Crippen MR) is 107 cm³/mol. The Kier molecular flexibility index (Phi) is 5.63. The number of rotatable bonds is 8. The average molecular weight is 382 g/mol. The summed E-state index contributed by atoms with van der Waals surface area (Å²) < 4.78 is 5.43. The van der Waals surface area contributed by atoms with Crippen molar-refractivity contribution in [2.45, 2.75) is 45.4 Å². The summed E-state index contributed by atoms with van der Waals surface area (Å²) in [5, 5.41) is 13.0. The van der Waals surface area contributed by atoms with E-state index in [2.05, 4.69) is 34.2 Å². The van der Waals surface area contributed by atoms with E-state index in [0.29, 0.717) is 17.2 Å². The van der Waals surface area contributed by atoms with E-state index in [4.69, 9.17) is 15.4 Å². The van der Waals surface area contributed by atoms with Crippen molar-refractivity contribution in [2.24, 2.45) is 16.6 Å². The van der Waals surface area contributed by atoms with Gasteiger partial charge in [0.15, 0.2) is 5.82 Å². The van der Waals surface area contributed by atoms with Crippen LogP contribution in [0.4, 0.5) is 0 Å². The molecule has 1 aromatic carbocycles. The number of nitrogens with two attached hydrogens (primary N) is 1. The zero-order chi connectivity index (χ0) is 20.3. The van der Waals surface area contributed by atoms with Crippen LogP contribution in [-0.2, 0) is 10.2 Å². The molecule has 7 heteroatoms. The van der Waals surface area contributed by atoms with Crippen molar-refractivity contribution >= 4 is 17.4 Å². The molecular formula is C21H26N4O3. The lowest BCUT2D eigenvalue weighted by atomic mass is 9.91. The van der Waals surface area contributed by atoms with Crippen LogP contribution < -0.4 is 5.73 Å². The highest BCUT2D eigenvalue weighted by Crippen LogP contribution is 2.53. The highest BCUT2D eigenvalue weighted by atomic mass is 16.5. The van der Waals surface area contributed by atoms with Crippen LogP contribution in [-0.4, -0.2) is 33.5 Å². The van der Waals surface area contributed by atoms with Crippen molar-refractivity contribution < 1.29 is 14.4 Å². The van der Waals surface area contributed by atoms with Gasteiger partial charge in [0.05, 0.1) is 17.5 Å². The number of benzene rings is 1. The maximum atomic E-state index is 10.7. The van der Waals surface area contributed by atoms with Crippen molar-refractivity contribution in [3.8, 4) is 0 Å². The van der Waals surface area contributed by atoms with Gasteiger partial charge in [0, 0.05) is 12.3 Å². The molecular weight excluding hydrogens is 356 g/mol. The molecule has 1 aliphatic rings. The first-order valence-corrected chi connectivity index (χ1v) is 9.47. The lowest BCUT2D eigenvalue weighted by Crippen LogP contribution is -2.13. The molecule has 3 rings (SSSR count). The van der Waals surface area contributed by atoms with E-state index in [-0.39, 0.29) is 30.2 Å². The molecule has 3 N–H and O–H groups in total. The minimum Gasteiger partial charge on any atom is -0.481 e. The van der Waals surface area contributed by atoms with Gasteiger partial charge in [0.2, 0.25) is 0 Å². The van der Waals surface area contributed by atoms with Crippen molar-refractivity contribution in [3.05, 3.63) is 53.2 Å². The first kappa shape index (κ1) is 19.8. The molecule has 148 valence electrons. The Labute approximate surface area is 164 Å². The Morgan fingerprint density at radius 3 is 2.71 bits per heavy atom. The number of hydrogen-bond donors (Lipinski definition) is 2. The van der Waals surface area contributed by atoms with Gasteiger partial charge in [-0.25, -0.2) is 0 Å². The number of nitrogens with zero attached hydrogens (tertiary/aromatic N) is 3. The molecule has 1 fully saturated rings. The van der Waals surface area contributed by atoms with Crippen LogP contribution in [0.3, 0.4) is 0 Å². The van der Waals surface area contributed by atoms with Gasteiger partial charge in [0.1, 0.15) is 0 Å².